The van der Waals surface area contributed by atoms with E-state index < -0.39 is 0 Å². The molecule has 1 atom stereocenters. The van der Waals surface area contributed by atoms with Crippen molar-refractivity contribution in [3.8, 4) is 0 Å². The van der Waals surface area contributed by atoms with Crippen LogP contribution in [0.2, 0.25) is 0 Å². The second kappa shape index (κ2) is 4.97. The Morgan fingerprint density at radius 2 is 2.18 bits per heavy atom. The van der Waals surface area contributed by atoms with Gasteiger partial charge in [0.1, 0.15) is 6.04 Å². The van der Waals surface area contributed by atoms with E-state index in [1.54, 1.807) is 14.2 Å². The second-order valence-corrected chi connectivity index (χ2v) is 3.77. The maximum absolute atomic E-state index is 11.8. The molecule has 1 aliphatic rings. The van der Waals surface area contributed by atoms with Gasteiger partial charge in [0.25, 0.3) is 5.91 Å². The molecule has 5 heteroatoms. The van der Waals surface area contributed by atoms with E-state index in [0.717, 1.165) is 11.1 Å². The summed E-state index contributed by atoms with van der Waals surface area (Å²) in [6.45, 7) is 0.486. The zero-order valence-corrected chi connectivity index (χ0v) is 9.86. The number of guanidine groups is 1. The van der Waals surface area contributed by atoms with Crippen LogP contribution in [0.25, 0.3) is 0 Å². The number of methoxy groups -OCH3 is 1. The first-order chi connectivity index (χ1) is 8.26. The van der Waals surface area contributed by atoms with Crippen LogP contribution in [0.15, 0.2) is 29.3 Å². The van der Waals surface area contributed by atoms with Crippen molar-refractivity contribution in [2.24, 2.45) is 4.99 Å². The van der Waals surface area contributed by atoms with Crippen molar-refractivity contribution in [1.82, 2.24) is 10.6 Å². The van der Waals surface area contributed by atoms with Gasteiger partial charge in [0.15, 0.2) is 5.96 Å². The minimum atomic E-state index is -0.389. The molecule has 0 saturated carbocycles. The predicted molar refractivity (Wildman–Crippen MR) is 64.5 cm³/mol. The monoisotopic (exact) mass is 233 g/mol. The Balaban J connectivity index is 2.31. The van der Waals surface area contributed by atoms with E-state index in [-0.39, 0.29) is 11.9 Å². The van der Waals surface area contributed by atoms with Crippen LogP contribution in [0.4, 0.5) is 0 Å². The Hall–Kier alpha value is -1.88. The average Bonchev–Trinajstić information content (AvgIpc) is 2.72. The molecule has 2 N–H and O–H groups in total. The number of nitrogens with zero attached hydrogens (tertiary/aromatic N) is 1. The molecule has 0 aliphatic carbocycles. The summed E-state index contributed by atoms with van der Waals surface area (Å²) in [6.07, 6.45) is 0. The molecule has 0 radical (unpaired) electrons. The van der Waals surface area contributed by atoms with E-state index in [1.807, 2.05) is 24.3 Å². The van der Waals surface area contributed by atoms with Crippen LogP contribution in [0, 0.1) is 0 Å². The van der Waals surface area contributed by atoms with Crippen LogP contribution in [-0.2, 0) is 16.1 Å². The largest absolute Gasteiger partial charge is 0.380 e. The number of carbonyl (C=O) groups excluding carboxylic acids is 1. The van der Waals surface area contributed by atoms with Crippen molar-refractivity contribution >= 4 is 11.9 Å². The van der Waals surface area contributed by atoms with Gasteiger partial charge in [0.2, 0.25) is 0 Å². The van der Waals surface area contributed by atoms with Gasteiger partial charge in [-0.05, 0) is 11.1 Å². The maximum Gasteiger partial charge on any atom is 0.253 e. The molecular weight excluding hydrogens is 218 g/mol. The summed E-state index contributed by atoms with van der Waals surface area (Å²) >= 11 is 0. The fourth-order valence-electron chi connectivity index (χ4n) is 1.87. The first-order valence-electron chi connectivity index (χ1n) is 5.37. The molecule has 0 spiro atoms. The zero-order chi connectivity index (χ0) is 12.3. The number of hydrogen-bond donors (Lipinski definition) is 2. The molecule has 90 valence electrons. The van der Waals surface area contributed by atoms with Gasteiger partial charge >= 0.3 is 0 Å². The number of hydrogen-bond acceptors (Lipinski definition) is 3. The lowest BCUT2D eigenvalue weighted by Gasteiger charge is -2.13. The summed E-state index contributed by atoms with van der Waals surface area (Å²) in [4.78, 5) is 15.7. The van der Waals surface area contributed by atoms with E-state index in [4.69, 9.17) is 4.74 Å². The molecule has 2 rings (SSSR count). The first-order valence-corrected chi connectivity index (χ1v) is 5.37. The van der Waals surface area contributed by atoms with E-state index in [0.29, 0.717) is 12.6 Å². The minimum Gasteiger partial charge on any atom is -0.380 e. The van der Waals surface area contributed by atoms with Crippen LogP contribution < -0.4 is 10.6 Å². The summed E-state index contributed by atoms with van der Waals surface area (Å²) < 4.78 is 5.13. The van der Waals surface area contributed by atoms with Crippen LogP contribution in [0.5, 0.6) is 0 Å². The fraction of sp³-hybridized carbons (Fsp3) is 0.333. The summed E-state index contributed by atoms with van der Waals surface area (Å²) in [5, 5.41) is 5.72. The van der Waals surface area contributed by atoms with Crippen molar-refractivity contribution in [3.63, 3.8) is 0 Å². The standard InChI is InChI=1S/C12H15N3O2/c1-13-12-14-10(11(16)15-12)9-6-4-3-5-8(9)7-17-2/h3-6,10H,7H2,1-2H3,(H2,13,14,15,16). The molecule has 1 aliphatic heterocycles. The third-order valence-corrected chi connectivity index (χ3v) is 2.67. The molecule has 1 amide bonds. The van der Waals surface area contributed by atoms with E-state index in [1.165, 1.54) is 0 Å². The number of benzene rings is 1. The van der Waals surface area contributed by atoms with Gasteiger partial charge in [-0.2, -0.15) is 0 Å². The number of carbonyl (C=O) groups is 1. The Bertz CT molecular complexity index is 457. The summed E-state index contributed by atoms with van der Waals surface area (Å²) in [7, 11) is 3.27. The smallest absolute Gasteiger partial charge is 0.253 e. The van der Waals surface area contributed by atoms with Gasteiger partial charge in [-0.25, -0.2) is 0 Å². The van der Waals surface area contributed by atoms with Crippen molar-refractivity contribution in [3.05, 3.63) is 35.4 Å². The minimum absolute atomic E-state index is 0.0887. The lowest BCUT2D eigenvalue weighted by Crippen LogP contribution is -2.24. The molecule has 0 aromatic heterocycles. The van der Waals surface area contributed by atoms with Gasteiger partial charge < -0.3 is 10.1 Å². The van der Waals surface area contributed by atoms with Gasteiger partial charge in [-0.15, -0.1) is 0 Å². The maximum atomic E-state index is 11.8. The first kappa shape index (κ1) is 11.6. The zero-order valence-electron chi connectivity index (χ0n) is 9.86. The molecule has 1 saturated heterocycles. The lowest BCUT2D eigenvalue weighted by atomic mass is 10.0. The number of nitrogens with one attached hydrogen (secondary N) is 2. The van der Waals surface area contributed by atoms with Crippen molar-refractivity contribution in [2.75, 3.05) is 14.2 Å². The molecule has 17 heavy (non-hydrogen) atoms. The number of amides is 1. The quantitative estimate of drug-likeness (QED) is 0.802. The van der Waals surface area contributed by atoms with Crippen LogP contribution in [-0.4, -0.2) is 26.0 Å². The highest BCUT2D eigenvalue weighted by molar-refractivity contribution is 6.06. The van der Waals surface area contributed by atoms with E-state index >= 15 is 0 Å². The van der Waals surface area contributed by atoms with Gasteiger partial charge in [-0.1, -0.05) is 24.3 Å². The molecular formula is C12H15N3O2. The SMILES string of the molecule is CN=C1NC(=O)C(c2ccccc2COC)N1. The number of aliphatic imine (C=N–C) groups is 1. The third kappa shape index (κ3) is 2.29. The Morgan fingerprint density at radius 3 is 2.82 bits per heavy atom. The average molecular weight is 233 g/mol. The molecule has 5 nitrogen and oxygen atoms in total. The molecule has 1 aromatic carbocycles. The summed E-state index contributed by atoms with van der Waals surface area (Å²) in [5.41, 5.74) is 1.92. The third-order valence-electron chi connectivity index (χ3n) is 2.67. The Kier molecular flexibility index (Phi) is 3.39. The van der Waals surface area contributed by atoms with Crippen molar-refractivity contribution in [2.45, 2.75) is 12.6 Å². The second-order valence-electron chi connectivity index (χ2n) is 3.77. The lowest BCUT2D eigenvalue weighted by molar-refractivity contribution is -0.120. The van der Waals surface area contributed by atoms with Crippen LogP contribution in [0.1, 0.15) is 17.2 Å². The fourth-order valence-corrected chi connectivity index (χ4v) is 1.87. The van der Waals surface area contributed by atoms with Gasteiger partial charge in [0.05, 0.1) is 6.61 Å². The molecule has 0 bridgehead atoms. The summed E-state index contributed by atoms with van der Waals surface area (Å²) in [6, 6.07) is 7.32. The van der Waals surface area contributed by atoms with Crippen molar-refractivity contribution < 1.29 is 9.53 Å². The Labute approximate surface area is 99.9 Å². The normalized spacial score (nSPS) is 21.4. The van der Waals surface area contributed by atoms with E-state index in [2.05, 4.69) is 15.6 Å². The highest BCUT2D eigenvalue weighted by Crippen LogP contribution is 2.21. The number of rotatable bonds is 3. The van der Waals surface area contributed by atoms with Crippen LogP contribution in [0.3, 0.4) is 0 Å². The van der Waals surface area contributed by atoms with Gasteiger partial charge in [-0.3, -0.25) is 15.1 Å². The predicted octanol–water partition coefficient (Wildman–Crippen LogP) is 0.579. The Morgan fingerprint density at radius 1 is 1.41 bits per heavy atom. The molecule has 1 unspecified atom stereocenters. The topological polar surface area (TPSA) is 62.7 Å². The van der Waals surface area contributed by atoms with Gasteiger partial charge in [0, 0.05) is 14.2 Å². The highest BCUT2D eigenvalue weighted by atomic mass is 16.5. The molecule has 1 aromatic rings. The molecule has 1 heterocycles. The van der Waals surface area contributed by atoms with E-state index in [9.17, 15) is 4.79 Å². The number of ether oxygens (including phenoxy) is 1. The highest BCUT2D eigenvalue weighted by Gasteiger charge is 2.30. The molecule has 1 fully saturated rings. The van der Waals surface area contributed by atoms with Crippen LogP contribution >= 0.6 is 0 Å². The summed E-state index contributed by atoms with van der Waals surface area (Å²) in [5.74, 6) is 0.418. The van der Waals surface area contributed by atoms with Crippen molar-refractivity contribution in [1.29, 1.82) is 0 Å².